The zero-order chi connectivity index (χ0) is 11.1. The van der Waals surface area contributed by atoms with Crippen molar-refractivity contribution in [2.24, 2.45) is 5.73 Å². The van der Waals surface area contributed by atoms with E-state index in [2.05, 4.69) is 15.9 Å². The lowest BCUT2D eigenvalue weighted by molar-refractivity contribution is 0.386. The van der Waals surface area contributed by atoms with E-state index in [0.29, 0.717) is 4.47 Å². The van der Waals surface area contributed by atoms with Crippen molar-refractivity contribution in [2.45, 2.75) is 31.2 Å². The van der Waals surface area contributed by atoms with Crippen LogP contribution in [0.1, 0.15) is 31.2 Å². The molecule has 1 aliphatic rings. The summed E-state index contributed by atoms with van der Waals surface area (Å²) in [5, 5.41) is 9.84. The monoisotopic (exact) mass is 273 g/mol. The predicted octanol–water partition coefficient (Wildman–Crippen LogP) is 3.02. The van der Waals surface area contributed by atoms with Gasteiger partial charge in [-0.3, -0.25) is 0 Å². The van der Waals surface area contributed by atoms with Crippen molar-refractivity contribution in [3.63, 3.8) is 0 Å². The number of hydrogen-bond donors (Lipinski definition) is 2. The zero-order valence-electron chi connectivity index (χ0n) is 8.26. The third-order valence-corrected chi connectivity index (χ3v) is 3.71. The van der Waals surface area contributed by atoms with Gasteiger partial charge in [-0.1, -0.05) is 12.8 Å². The van der Waals surface area contributed by atoms with Gasteiger partial charge in [0.05, 0.1) is 10.0 Å². The molecule has 3 N–H and O–H groups in total. The van der Waals surface area contributed by atoms with E-state index in [-0.39, 0.29) is 11.3 Å². The summed E-state index contributed by atoms with van der Waals surface area (Å²) < 4.78 is 14.2. The first-order valence-electron chi connectivity index (χ1n) is 5.01. The van der Waals surface area contributed by atoms with Crippen LogP contribution in [0.15, 0.2) is 16.6 Å². The molecule has 0 atom stereocenters. The summed E-state index contributed by atoms with van der Waals surface area (Å²) in [6.07, 6.45) is 3.44. The molecule has 0 unspecified atom stereocenters. The van der Waals surface area contributed by atoms with E-state index in [4.69, 9.17) is 5.73 Å². The lowest BCUT2D eigenvalue weighted by Gasteiger charge is -2.25. The molecule has 1 aliphatic carbocycles. The Balaban J connectivity index is 2.55. The van der Waals surface area contributed by atoms with E-state index in [1.165, 1.54) is 12.1 Å². The van der Waals surface area contributed by atoms with Crippen molar-refractivity contribution in [1.29, 1.82) is 0 Å². The topological polar surface area (TPSA) is 46.2 Å². The van der Waals surface area contributed by atoms with E-state index in [0.717, 1.165) is 25.7 Å². The van der Waals surface area contributed by atoms with Gasteiger partial charge in [-0.25, -0.2) is 4.39 Å². The fraction of sp³-hybridized carbons (Fsp3) is 0.455. The maximum Gasteiger partial charge on any atom is 0.137 e. The Morgan fingerprint density at radius 2 is 1.93 bits per heavy atom. The van der Waals surface area contributed by atoms with Crippen LogP contribution in [-0.2, 0) is 5.54 Å². The van der Waals surface area contributed by atoms with E-state index >= 15 is 0 Å². The quantitative estimate of drug-likeness (QED) is 0.826. The molecule has 0 aliphatic heterocycles. The van der Waals surface area contributed by atoms with E-state index in [1.807, 2.05) is 0 Å². The Bertz CT molecular complexity index is 388. The van der Waals surface area contributed by atoms with E-state index < -0.39 is 11.4 Å². The van der Waals surface area contributed by atoms with Gasteiger partial charge in [-0.05, 0) is 40.9 Å². The number of phenols is 1. The SMILES string of the molecule is NC1(c2c(F)ccc(Br)c2O)CCCC1. The van der Waals surface area contributed by atoms with Gasteiger partial charge in [0.2, 0.25) is 0 Å². The molecule has 0 aromatic heterocycles. The molecule has 0 bridgehead atoms. The molecular weight excluding hydrogens is 261 g/mol. The molecule has 1 fully saturated rings. The van der Waals surface area contributed by atoms with Crippen LogP contribution in [0.5, 0.6) is 5.75 Å². The van der Waals surface area contributed by atoms with Crippen LogP contribution in [0.2, 0.25) is 0 Å². The van der Waals surface area contributed by atoms with E-state index in [1.54, 1.807) is 0 Å². The fourth-order valence-electron chi connectivity index (χ4n) is 2.27. The van der Waals surface area contributed by atoms with Crippen LogP contribution in [0.4, 0.5) is 4.39 Å². The van der Waals surface area contributed by atoms with Gasteiger partial charge in [0.1, 0.15) is 11.6 Å². The van der Waals surface area contributed by atoms with Gasteiger partial charge >= 0.3 is 0 Å². The van der Waals surface area contributed by atoms with Crippen molar-refractivity contribution in [2.75, 3.05) is 0 Å². The summed E-state index contributed by atoms with van der Waals surface area (Å²) in [7, 11) is 0. The second-order valence-corrected chi connectivity index (χ2v) is 4.97. The zero-order valence-corrected chi connectivity index (χ0v) is 9.85. The first kappa shape index (κ1) is 10.9. The van der Waals surface area contributed by atoms with Crippen molar-refractivity contribution < 1.29 is 9.50 Å². The average molecular weight is 274 g/mol. The van der Waals surface area contributed by atoms with Gasteiger partial charge < -0.3 is 10.8 Å². The smallest absolute Gasteiger partial charge is 0.137 e. The third kappa shape index (κ3) is 1.76. The van der Waals surface area contributed by atoms with Crippen molar-refractivity contribution in [1.82, 2.24) is 0 Å². The van der Waals surface area contributed by atoms with Crippen LogP contribution in [-0.4, -0.2) is 5.11 Å². The summed E-state index contributed by atoms with van der Waals surface area (Å²) in [6, 6.07) is 2.83. The van der Waals surface area contributed by atoms with Gasteiger partial charge in [0.25, 0.3) is 0 Å². The number of benzene rings is 1. The highest BCUT2D eigenvalue weighted by molar-refractivity contribution is 9.10. The van der Waals surface area contributed by atoms with Crippen LogP contribution < -0.4 is 5.73 Å². The second-order valence-electron chi connectivity index (χ2n) is 4.12. The van der Waals surface area contributed by atoms with Crippen LogP contribution in [0.3, 0.4) is 0 Å². The standard InChI is InChI=1S/C11H13BrFNO/c12-7-3-4-8(13)9(10(7)15)11(14)5-1-2-6-11/h3-4,15H,1-2,5-6,14H2. The average Bonchev–Trinajstić information content (AvgIpc) is 2.60. The number of nitrogens with two attached hydrogens (primary N) is 1. The van der Waals surface area contributed by atoms with Crippen molar-refractivity contribution in [3.8, 4) is 5.75 Å². The van der Waals surface area contributed by atoms with Gasteiger partial charge in [0, 0.05) is 5.54 Å². The molecule has 15 heavy (non-hydrogen) atoms. The number of rotatable bonds is 1. The fourth-order valence-corrected chi connectivity index (χ4v) is 2.60. The molecule has 0 heterocycles. The molecular formula is C11H13BrFNO. The number of aromatic hydroxyl groups is 1. The summed E-state index contributed by atoms with van der Waals surface area (Å²) >= 11 is 3.18. The molecule has 4 heteroatoms. The molecule has 2 rings (SSSR count). The largest absolute Gasteiger partial charge is 0.506 e. The van der Waals surface area contributed by atoms with Gasteiger partial charge in [-0.15, -0.1) is 0 Å². The summed E-state index contributed by atoms with van der Waals surface area (Å²) in [5.74, 6) is -0.473. The minimum Gasteiger partial charge on any atom is -0.506 e. The Morgan fingerprint density at radius 1 is 1.33 bits per heavy atom. The van der Waals surface area contributed by atoms with Crippen LogP contribution >= 0.6 is 15.9 Å². The molecule has 0 radical (unpaired) electrons. The first-order chi connectivity index (χ1) is 7.04. The predicted molar refractivity (Wildman–Crippen MR) is 60.1 cm³/mol. The van der Waals surface area contributed by atoms with E-state index in [9.17, 15) is 9.50 Å². The molecule has 1 aromatic carbocycles. The van der Waals surface area contributed by atoms with Gasteiger partial charge in [-0.2, -0.15) is 0 Å². The molecule has 0 saturated heterocycles. The Hall–Kier alpha value is -0.610. The first-order valence-corrected chi connectivity index (χ1v) is 5.80. The second kappa shape index (κ2) is 3.76. The molecule has 0 spiro atoms. The summed E-state index contributed by atoms with van der Waals surface area (Å²) in [6.45, 7) is 0. The highest BCUT2D eigenvalue weighted by Crippen LogP contribution is 2.43. The summed E-state index contributed by atoms with van der Waals surface area (Å²) in [5.41, 5.74) is 5.69. The Kier molecular flexibility index (Phi) is 2.73. The maximum atomic E-state index is 13.7. The maximum absolute atomic E-state index is 13.7. The van der Waals surface area contributed by atoms with Gasteiger partial charge in [0.15, 0.2) is 0 Å². The number of phenolic OH excluding ortho intramolecular Hbond substituents is 1. The molecule has 0 amide bonds. The summed E-state index contributed by atoms with van der Waals surface area (Å²) in [4.78, 5) is 0. The lowest BCUT2D eigenvalue weighted by atomic mass is 9.88. The third-order valence-electron chi connectivity index (χ3n) is 3.07. The van der Waals surface area contributed by atoms with Crippen LogP contribution in [0.25, 0.3) is 0 Å². The Labute approximate surface area is 96.4 Å². The Morgan fingerprint density at radius 3 is 2.53 bits per heavy atom. The minimum atomic E-state index is -0.696. The number of halogens is 2. The normalized spacial score (nSPS) is 19.4. The van der Waals surface area contributed by atoms with Crippen molar-refractivity contribution in [3.05, 3.63) is 28.0 Å². The molecule has 82 valence electrons. The highest BCUT2D eigenvalue weighted by atomic mass is 79.9. The van der Waals surface area contributed by atoms with Crippen molar-refractivity contribution >= 4 is 15.9 Å². The molecule has 1 saturated carbocycles. The lowest BCUT2D eigenvalue weighted by Crippen LogP contribution is -2.34. The highest BCUT2D eigenvalue weighted by Gasteiger charge is 2.36. The molecule has 2 nitrogen and oxygen atoms in total. The van der Waals surface area contributed by atoms with Crippen LogP contribution in [0, 0.1) is 5.82 Å². The molecule has 1 aromatic rings. The minimum absolute atomic E-state index is 0.0561. The number of hydrogen-bond acceptors (Lipinski definition) is 2.